The van der Waals surface area contributed by atoms with E-state index in [0.717, 1.165) is 50.7 Å². The number of carboxylic acids is 1. The van der Waals surface area contributed by atoms with Gasteiger partial charge in [-0.25, -0.2) is 0 Å². The Morgan fingerprint density at radius 1 is 0.868 bits per heavy atom. The van der Waals surface area contributed by atoms with Crippen molar-refractivity contribution in [3.8, 4) is 0 Å². The molecule has 0 bridgehead atoms. The van der Waals surface area contributed by atoms with Gasteiger partial charge in [-0.1, -0.05) is 24.3 Å². The second kappa shape index (κ2) is 14.0. The number of carbonyl (C=O) groups excluding carboxylic acids is 1. The number of benzene rings is 1. The lowest BCUT2D eigenvalue weighted by Crippen LogP contribution is -2.79. The Morgan fingerprint density at radius 3 is 1.92 bits per heavy atom. The Kier molecular flexibility index (Phi) is 10.4. The minimum absolute atomic E-state index is 0.432. The van der Waals surface area contributed by atoms with E-state index in [1.807, 2.05) is 6.08 Å². The summed E-state index contributed by atoms with van der Waals surface area (Å²) >= 11 is 0. The van der Waals surface area contributed by atoms with E-state index in [1.54, 1.807) is 6.08 Å². The van der Waals surface area contributed by atoms with Crippen molar-refractivity contribution in [3.05, 3.63) is 59.7 Å². The summed E-state index contributed by atoms with van der Waals surface area (Å²) < 4.78 is 19.7. The number of rotatable bonds is 7. The second-order valence-corrected chi connectivity index (χ2v) is 12.9. The number of aliphatic carboxylic acids is 1. The van der Waals surface area contributed by atoms with E-state index in [0.29, 0.717) is 18.3 Å². The van der Waals surface area contributed by atoms with Crippen LogP contribution in [0, 0.1) is 11.8 Å². The second-order valence-electron chi connectivity index (χ2n) is 10.6. The van der Waals surface area contributed by atoms with Crippen LogP contribution in [0.25, 0.3) is 0 Å². The zero-order valence-electron chi connectivity index (χ0n) is 22.2. The van der Waals surface area contributed by atoms with E-state index in [9.17, 15) is 19.0 Å². The Balaban J connectivity index is 0.000000178. The van der Waals surface area contributed by atoms with Gasteiger partial charge in [0.15, 0.2) is 0 Å². The molecule has 0 aromatic heterocycles. The van der Waals surface area contributed by atoms with Crippen LogP contribution in [0.2, 0.25) is 0 Å². The van der Waals surface area contributed by atoms with Crippen molar-refractivity contribution in [1.82, 2.24) is 10.6 Å². The van der Waals surface area contributed by atoms with Crippen LogP contribution in [0.5, 0.6) is 0 Å². The average molecular weight is 544 g/mol. The van der Waals surface area contributed by atoms with Gasteiger partial charge in [0.1, 0.15) is 0 Å². The summed E-state index contributed by atoms with van der Waals surface area (Å²) in [5.74, 6) is 1.37. The molecule has 6 N–H and O–H groups in total. The van der Waals surface area contributed by atoms with Gasteiger partial charge >= 0.3 is 0 Å². The molecule has 3 atom stereocenters. The standard InChI is InChI=1S/C15H24O4S.C14H18N4/c16-15(17)11-20(18,19)14-8-6-13(7-9-14)10-12-4-2-1-3-5-12;1-7-15-13(16-8-1)11-3-5-12(6-4-11)14-17-9-2-10-18-14/h2,4,6,8,12-14,18-19H,1,3,5,7,9-11H2,(H,16,17);3-6H,1-2,7-10H2,(H,15,16)(H,17,18)/p+1. The zero-order valence-corrected chi connectivity index (χ0v) is 23.0. The highest BCUT2D eigenvalue weighted by Gasteiger charge is 2.28. The van der Waals surface area contributed by atoms with Crippen molar-refractivity contribution in [2.45, 2.75) is 56.6 Å². The van der Waals surface area contributed by atoms with E-state index in [-0.39, 0.29) is 0 Å². The van der Waals surface area contributed by atoms with Crippen LogP contribution >= 0.6 is 10.6 Å². The van der Waals surface area contributed by atoms with Gasteiger partial charge in [-0.15, -0.1) is 0 Å². The van der Waals surface area contributed by atoms with E-state index >= 15 is 0 Å². The number of allylic oxidation sites excluding steroid dienone is 3. The van der Waals surface area contributed by atoms with Crippen molar-refractivity contribution in [2.24, 2.45) is 11.8 Å². The summed E-state index contributed by atoms with van der Waals surface area (Å²) in [5.41, 5.74) is 2.46. The molecule has 4 aliphatic rings. The molecule has 3 unspecified atom stereocenters. The monoisotopic (exact) mass is 543 g/mol. The highest BCUT2D eigenvalue weighted by Crippen LogP contribution is 2.48. The molecule has 8 nitrogen and oxygen atoms in total. The summed E-state index contributed by atoms with van der Waals surface area (Å²) in [6.07, 6.45) is 17.1. The fourth-order valence-corrected chi connectivity index (χ4v) is 6.90. The number of amidine groups is 2. The van der Waals surface area contributed by atoms with Crippen LogP contribution in [-0.2, 0) is 4.79 Å². The van der Waals surface area contributed by atoms with Crippen molar-refractivity contribution in [1.29, 1.82) is 0 Å². The van der Waals surface area contributed by atoms with Gasteiger partial charge in [0.05, 0.1) is 54.3 Å². The van der Waals surface area contributed by atoms with Crippen LogP contribution in [0.15, 0.2) is 48.6 Å². The Morgan fingerprint density at radius 2 is 1.47 bits per heavy atom. The number of hydrogen-bond donors (Lipinski definition) is 6. The first kappa shape index (κ1) is 28.4. The van der Waals surface area contributed by atoms with E-state index in [4.69, 9.17) is 0 Å². The summed E-state index contributed by atoms with van der Waals surface area (Å²) in [6.45, 7) is 4.24. The molecule has 0 radical (unpaired) electrons. The van der Waals surface area contributed by atoms with E-state index < -0.39 is 27.6 Å². The smallest absolute Gasteiger partial charge is 0.274 e. The molecule has 0 saturated heterocycles. The molecule has 2 heterocycles. The average Bonchev–Trinajstić information content (AvgIpc) is 2.95. The van der Waals surface area contributed by atoms with Gasteiger partial charge in [-0.2, -0.15) is 10.6 Å². The first-order valence-electron chi connectivity index (χ1n) is 14.0. The summed E-state index contributed by atoms with van der Waals surface area (Å²) in [5, 5.41) is 16.9. The third kappa shape index (κ3) is 8.44. The molecule has 208 valence electrons. The first-order valence-corrected chi connectivity index (χ1v) is 15.8. The third-order valence-electron chi connectivity index (χ3n) is 7.57. The maximum Gasteiger partial charge on any atom is 0.274 e. The predicted octanol–water partition coefficient (Wildman–Crippen LogP) is -0.104. The molecule has 0 spiro atoms. The van der Waals surface area contributed by atoms with Gasteiger partial charge in [-0.05, 0) is 74.6 Å². The molecule has 2 aliphatic carbocycles. The molecule has 9 heteroatoms. The van der Waals surface area contributed by atoms with Crippen LogP contribution in [0.4, 0.5) is 0 Å². The summed E-state index contributed by atoms with van der Waals surface area (Å²) in [7, 11) is -3.10. The van der Waals surface area contributed by atoms with E-state index in [2.05, 4.69) is 57.0 Å². The first-order chi connectivity index (χ1) is 18.4. The van der Waals surface area contributed by atoms with E-state index in [1.165, 1.54) is 43.2 Å². The van der Waals surface area contributed by atoms with Gasteiger partial charge in [0, 0.05) is 12.8 Å². The van der Waals surface area contributed by atoms with Crippen LogP contribution in [0.1, 0.15) is 62.5 Å². The van der Waals surface area contributed by atoms with Gasteiger partial charge in [0.2, 0.25) is 0 Å². The SMILES string of the molecule is O=C([O-])CS(O)(O)C1C=CC(CC2C=CCCC2)CC1.c1cc(C2=[NH+]CCCN2)ccc1C1=[NH+]CCCN1. The Hall–Kier alpha value is -2.62. The number of nitrogens with one attached hydrogen (secondary N) is 4. The lowest BCUT2D eigenvalue weighted by molar-refractivity contribution is -0.464. The fourth-order valence-electron chi connectivity index (χ4n) is 5.48. The lowest BCUT2D eigenvalue weighted by Gasteiger charge is -2.41. The number of hydrogen-bond acceptors (Lipinski definition) is 6. The molecule has 5 rings (SSSR count). The predicted molar refractivity (Wildman–Crippen MR) is 151 cm³/mol. The molecule has 1 aromatic carbocycles. The van der Waals surface area contributed by atoms with Crippen LogP contribution in [-0.4, -0.2) is 63.9 Å². The zero-order chi connectivity index (χ0) is 26.8. The van der Waals surface area contributed by atoms with Crippen molar-refractivity contribution >= 4 is 28.2 Å². The van der Waals surface area contributed by atoms with Crippen molar-refractivity contribution < 1.29 is 29.0 Å². The highest BCUT2D eigenvalue weighted by molar-refractivity contribution is 8.25. The lowest BCUT2D eigenvalue weighted by atomic mass is 9.83. The molecule has 38 heavy (non-hydrogen) atoms. The van der Waals surface area contributed by atoms with Gasteiger partial charge in [0.25, 0.3) is 11.7 Å². The Labute approximate surface area is 227 Å². The summed E-state index contributed by atoms with van der Waals surface area (Å²) in [4.78, 5) is 17.3. The molecular weight excluding hydrogens is 500 g/mol. The topological polar surface area (TPSA) is 133 Å². The van der Waals surface area contributed by atoms with Crippen molar-refractivity contribution in [2.75, 3.05) is 31.9 Å². The van der Waals surface area contributed by atoms with Crippen molar-refractivity contribution in [3.63, 3.8) is 0 Å². The maximum absolute atomic E-state index is 10.5. The quantitative estimate of drug-likeness (QED) is 0.266. The Bertz CT molecular complexity index is 1010. The molecule has 0 saturated carbocycles. The molecule has 1 aromatic rings. The molecule has 0 fully saturated rings. The summed E-state index contributed by atoms with van der Waals surface area (Å²) in [6, 6.07) is 8.67. The van der Waals surface area contributed by atoms with Gasteiger partial charge < -0.3 is 9.90 Å². The molecule has 2 aliphatic heterocycles. The minimum atomic E-state index is -3.10. The molecular formula is C29H43N4O4S+. The van der Waals surface area contributed by atoms with Crippen LogP contribution in [0.3, 0.4) is 0 Å². The largest absolute Gasteiger partial charge is 0.548 e. The normalized spacial score (nSPS) is 25.6. The minimum Gasteiger partial charge on any atom is -0.548 e. The number of carbonyl (C=O) groups is 1. The molecule has 0 amide bonds. The fraction of sp³-hybridized carbons (Fsp3) is 0.552. The third-order valence-corrected chi connectivity index (χ3v) is 9.59. The van der Waals surface area contributed by atoms with Crippen LogP contribution < -0.4 is 25.7 Å². The maximum atomic E-state index is 10.5. The number of carboxylic acid groups (broad SMARTS) is 1. The van der Waals surface area contributed by atoms with Gasteiger partial charge in [-0.3, -0.25) is 29.7 Å². The highest BCUT2D eigenvalue weighted by atomic mass is 32.3.